The summed E-state index contributed by atoms with van der Waals surface area (Å²) in [6.45, 7) is 1.95. The van der Waals surface area contributed by atoms with Crippen LogP contribution in [-0.4, -0.2) is 25.2 Å². The van der Waals surface area contributed by atoms with Crippen LogP contribution in [0.4, 0.5) is 0 Å². The highest BCUT2D eigenvalue weighted by molar-refractivity contribution is 5.92. The molecule has 34 heavy (non-hydrogen) atoms. The van der Waals surface area contributed by atoms with Crippen LogP contribution < -0.4 is 14.9 Å². The lowest BCUT2D eigenvalue weighted by atomic mass is 10.0. The third-order valence-corrected chi connectivity index (χ3v) is 5.31. The van der Waals surface area contributed by atoms with Gasteiger partial charge < -0.3 is 9.47 Å². The average molecular weight is 453 g/mol. The number of carbonyl (C=O) groups excluding carboxylic acids is 2. The number of fused-ring (bicyclic) bond motifs is 1. The van der Waals surface area contributed by atoms with Crippen molar-refractivity contribution in [3.8, 4) is 11.5 Å². The SMILES string of the molecule is COc1cc(/C=N/NC(=O)Cc2cccc3ccccc23)ccc1OC(=O)c1ccc(C)cc1. The summed E-state index contributed by atoms with van der Waals surface area (Å²) in [5.41, 5.74) is 5.68. The second-order valence-electron chi connectivity index (χ2n) is 7.77. The highest BCUT2D eigenvalue weighted by Crippen LogP contribution is 2.28. The minimum Gasteiger partial charge on any atom is -0.493 e. The molecule has 0 bridgehead atoms. The highest BCUT2D eigenvalue weighted by atomic mass is 16.6. The first-order valence-corrected chi connectivity index (χ1v) is 10.8. The van der Waals surface area contributed by atoms with Crippen molar-refractivity contribution in [2.24, 2.45) is 5.10 Å². The number of hydrogen-bond donors (Lipinski definition) is 1. The smallest absolute Gasteiger partial charge is 0.343 e. The number of aryl methyl sites for hydroxylation is 1. The summed E-state index contributed by atoms with van der Waals surface area (Å²) >= 11 is 0. The van der Waals surface area contributed by atoms with Gasteiger partial charge >= 0.3 is 5.97 Å². The summed E-state index contributed by atoms with van der Waals surface area (Å²) in [5.74, 6) is -0.0136. The number of ether oxygens (including phenoxy) is 2. The number of benzene rings is 4. The number of methoxy groups -OCH3 is 1. The summed E-state index contributed by atoms with van der Waals surface area (Å²) in [6.07, 6.45) is 1.73. The van der Waals surface area contributed by atoms with Gasteiger partial charge in [-0.1, -0.05) is 60.2 Å². The highest BCUT2D eigenvalue weighted by Gasteiger charge is 2.13. The van der Waals surface area contributed by atoms with E-state index in [9.17, 15) is 9.59 Å². The number of hydrazone groups is 1. The summed E-state index contributed by atoms with van der Waals surface area (Å²) in [7, 11) is 1.49. The Hall–Kier alpha value is -4.45. The fraction of sp³-hybridized carbons (Fsp3) is 0.107. The molecule has 4 rings (SSSR count). The van der Waals surface area contributed by atoms with Crippen molar-refractivity contribution in [1.82, 2.24) is 5.43 Å². The number of nitrogens with one attached hydrogen (secondary N) is 1. The predicted octanol–water partition coefficient (Wildman–Crippen LogP) is 5.07. The molecule has 170 valence electrons. The summed E-state index contributed by atoms with van der Waals surface area (Å²) in [4.78, 5) is 24.8. The van der Waals surface area contributed by atoms with Crippen molar-refractivity contribution in [1.29, 1.82) is 0 Å². The third kappa shape index (κ3) is 5.48. The van der Waals surface area contributed by atoms with Crippen LogP contribution in [0, 0.1) is 6.92 Å². The molecule has 0 heterocycles. The maximum atomic E-state index is 12.4. The van der Waals surface area contributed by atoms with Gasteiger partial charge in [-0.3, -0.25) is 4.79 Å². The summed E-state index contributed by atoms with van der Waals surface area (Å²) in [5, 5.41) is 6.19. The fourth-order valence-corrected chi connectivity index (χ4v) is 3.54. The van der Waals surface area contributed by atoms with E-state index >= 15 is 0 Å². The van der Waals surface area contributed by atoms with Crippen molar-refractivity contribution < 1.29 is 19.1 Å². The second kappa shape index (κ2) is 10.4. The van der Waals surface area contributed by atoms with Crippen molar-refractivity contribution >= 4 is 28.9 Å². The molecule has 0 spiro atoms. The van der Waals surface area contributed by atoms with Gasteiger partial charge in [0.25, 0.3) is 0 Å². The van der Waals surface area contributed by atoms with E-state index in [1.54, 1.807) is 30.3 Å². The molecule has 0 saturated carbocycles. The van der Waals surface area contributed by atoms with Crippen molar-refractivity contribution in [2.45, 2.75) is 13.3 Å². The molecule has 0 aliphatic rings. The van der Waals surface area contributed by atoms with Crippen LogP contribution >= 0.6 is 0 Å². The lowest BCUT2D eigenvalue weighted by Gasteiger charge is -2.10. The number of rotatable bonds is 7. The molecule has 0 radical (unpaired) electrons. The van der Waals surface area contributed by atoms with Gasteiger partial charge in [-0.25, -0.2) is 10.2 Å². The first kappa shape index (κ1) is 22.7. The van der Waals surface area contributed by atoms with E-state index < -0.39 is 5.97 Å². The largest absolute Gasteiger partial charge is 0.493 e. The van der Waals surface area contributed by atoms with E-state index in [-0.39, 0.29) is 12.3 Å². The van der Waals surface area contributed by atoms with Crippen LogP contribution in [0.5, 0.6) is 11.5 Å². The first-order chi connectivity index (χ1) is 16.5. The van der Waals surface area contributed by atoms with Gasteiger partial charge in [0, 0.05) is 0 Å². The Labute approximate surface area is 197 Å². The Kier molecular flexibility index (Phi) is 6.98. The van der Waals surface area contributed by atoms with Gasteiger partial charge in [-0.2, -0.15) is 5.10 Å². The minimum atomic E-state index is -0.472. The van der Waals surface area contributed by atoms with Crippen LogP contribution in [0.3, 0.4) is 0 Å². The zero-order chi connectivity index (χ0) is 23.9. The molecular weight excluding hydrogens is 428 g/mol. The zero-order valence-electron chi connectivity index (χ0n) is 18.9. The number of amides is 1. The molecular formula is C28H24N2O4. The van der Waals surface area contributed by atoms with Gasteiger partial charge in [0.15, 0.2) is 11.5 Å². The minimum absolute atomic E-state index is 0.218. The lowest BCUT2D eigenvalue weighted by Crippen LogP contribution is -2.19. The molecule has 6 heteroatoms. The Morgan fingerprint density at radius 3 is 2.47 bits per heavy atom. The lowest BCUT2D eigenvalue weighted by molar-refractivity contribution is -0.120. The monoisotopic (exact) mass is 452 g/mol. The molecule has 4 aromatic rings. The van der Waals surface area contributed by atoms with Gasteiger partial charge in [-0.05, 0) is 59.2 Å². The summed E-state index contributed by atoms with van der Waals surface area (Å²) in [6, 6.07) is 26.0. The number of hydrogen-bond acceptors (Lipinski definition) is 5. The fourth-order valence-electron chi connectivity index (χ4n) is 3.54. The standard InChI is InChI=1S/C28H24N2O4/c1-19-10-13-22(14-11-19)28(32)34-25-15-12-20(16-26(25)33-2)18-29-30-27(31)17-23-8-5-7-21-6-3-4-9-24(21)23/h3-16,18H,17H2,1-2H3,(H,30,31)/b29-18+. The zero-order valence-corrected chi connectivity index (χ0v) is 18.9. The average Bonchev–Trinajstić information content (AvgIpc) is 2.85. The van der Waals surface area contributed by atoms with Crippen LogP contribution in [-0.2, 0) is 11.2 Å². The van der Waals surface area contributed by atoms with E-state index in [0.717, 1.165) is 21.9 Å². The molecule has 0 aromatic heterocycles. The molecule has 1 amide bonds. The van der Waals surface area contributed by atoms with Crippen LogP contribution in [0.25, 0.3) is 10.8 Å². The number of esters is 1. The topological polar surface area (TPSA) is 77.0 Å². The molecule has 0 aliphatic heterocycles. The molecule has 0 aliphatic carbocycles. The Balaban J connectivity index is 1.39. The van der Waals surface area contributed by atoms with Crippen molar-refractivity contribution in [3.05, 3.63) is 107 Å². The number of carbonyl (C=O) groups is 2. The van der Waals surface area contributed by atoms with Crippen LogP contribution in [0.15, 0.2) is 90.0 Å². The Morgan fingerprint density at radius 2 is 1.68 bits per heavy atom. The quantitative estimate of drug-likeness (QED) is 0.184. The maximum Gasteiger partial charge on any atom is 0.343 e. The molecule has 1 N–H and O–H groups in total. The van der Waals surface area contributed by atoms with Gasteiger partial charge in [0.2, 0.25) is 5.91 Å². The number of nitrogens with zero attached hydrogens (tertiary/aromatic N) is 1. The Morgan fingerprint density at radius 1 is 0.912 bits per heavy atom. The van der Waals surface area contributed by atoms with Gasteiger partial charge in [-0.15, -0.1) is 0 Å². The molecule has 0 atom stereocenters. The van der Waals surface area contributed by atoms with E-state index in [2.05, 4.69) is 10.5 Å². The molecule has 0 fully saturated rings. The molecule has 0 unspecified atom stereocenters. The van der Waals surface area contributed by atoms with E-state index in [1.807, 2.05) is 61.5 Å². The first-order valence-electron chi connectivity index (χ1n) is 10.8. The van der Waals surface area contributed by atoms with Crippen LogP contribution in [0.2, 0.25) is 0 Å². The van der Waals surface area contributed by atoms with Crippen LogP contribution in [0.1, 0.15) is 27.0 Å². The van der Waals surface area contributed by atoms with Crippen molar-refractivity contribution in [3.63, 3.8) is 0 Å². The van der Waals surface area contributed by atoms with Gasteiger partial charge in [0.05, 0.1) is 25.3 Å². The maximum absolute atomic E-state index is 12.4. The molecule has 4 aromatic carbocycles. The van der Waals surface area contributed by atoms with E-state index in [4.69, 9.17) is 9.47 Å². The van der Waals surface area contributed by atoms with Crippen molar-refractivity contribution in [2.75, 3.05) is 7.11 Å². The predicted molar refractivity (Wildman–Crippen MR) is 133 cm³/mol. The Bertz CT molecular complexity index is 1360. The normalized spacial score (nSPS) is 10.9. The third-order valence-electron chi connectivity index (χ3n) is 5.31. The summed E-state index contributed by atoms with van der Waals surface area (Å²) < 4.78 is 10.8. The van der Waals surface area contributed by atoms with Gasteiger partial charge in [0.1, 0.15) is 0 Å². The van der Waals surface area contributed by atoms with E-state index in [1.165, 1.54) is 13.3 Å². The van der Waals surface area contributed by atoms with E-state index in [0.29, 0.717) is 22.6 Å². The second-order valence-corrected chi connectivity index (χ2v) is 7.77. The molecule has 6 nitrogen and oxygen atoms in total. The molecule has 0 saturated heterocycles.